The fourth-order valence-corrected chi connectivity index (χ4v) is 7.78. The molecule has 0 heterocycles. The number of carbonyl (C=O) groups excluding carboxylic acids is 3. The second kappa shape index (κ2) is 57.6. The maximum atomic E-state index is 12.9. The van der Waals surface area contributed by atoms with E-state index >= 15 is 0 Å². The van der Waals surface area contributed by atoms with Crippen molar-refractivity contribution in [2.75, 3.05) is 47.5 Å². The number of rotatable bonds is 54. The number of hydrogen-bond acceptors (Lipinski definition) is 8. The molecule has 0 aliphatic rings. The molecule has 2 unspecified atom stereocenters. The lowest BCUT2D eigenvalue weighted by atomic mass is 10.0. The molecule has 77 heavy (non-hydrogen) atoms. The van der Waals surface area contributed by atoms with Crippen LogP contribution in [-0.2, 0) is 33.3 Å². The van der Waals surface area contributed by atoms with Crippen LogP contribution in [-0.4, -0.2) is 82.3 Å². The minimum atomic E-state index is -1.64. The Morgan fingerprint density at radius 2 is 0.740 bits per heavy atom. The summed E-state index contributed by atoms with van der Waals surface area (Å²) in [5.74, 6) is -2.34. The highest BCUT2D eigenvalue weighted by Crippen LogP contribution is 2.15. The standard InChI is InChI=1S/C68H111NO8/c1-6-8-10-12-14-16-18-20-22-23-24-25-26-27-28-29-30-31-32-33-34-35-36-37-38-39-40-41-42-43-45-47-49-51-53-55-57-59-66(71)77-64(63-76-68(67(72)73)74-61-60-69(3,4)5)62-75-65(70)58-56-54-52-50-48-46-44-21-19-17-15-13-11-9-7-2/h8,10,14,16,20,22,24-25,27-28,30-31,33-34,36-37,39-40,42-43,47,49,64,68H,6-7,9,11-13,15,17-19,21,23,26,29,32,35,38,41,44-46,48,50-63H2,1-5H3/b10-8-,16-14-,22-20-,25-24-,28-27-,31-30-,34-33-,37-36-,40-39-,43-42-,49-47-. The number of allylic oxidation sites excluding steroid dienone is 22. The average molecular weight is 1070 g/mol. The molecule has 0 N–H and O–H groups in total. The Labute approximate surface area is 471 Å². The lowest BCUT2D eigenvalue weighted by Gasteiger charge is -2.26. The summed E-state index contributed by atoms with van der Waals surface area (Å²) in [5.41, 5.74) is 0. The molecule has 436 valence electrons. The van der Waals surface area contributed by atoms with Crippen LogP contribution in [0.5, 0.6) is 0 Å². The Balaban J connectivity index is 4.29. The quantitative estimate of drug-likeness (QED) is 0.0195. The minimum Gasteiger partial charge on any atom is -0.545 e. The van der Waals surface area contributed by atoms with E-state index in [1.54, 1.807) is 0 Å². The van der Waals surface area contributed by atoms with Gasteiger partial charge in [0.1, 0.15) is 13.2 Å². The maximum absolute atomic E-state index is 12.9. The van der Waals surface area contributed by atoms with Gasteiger partial charge in [0, 0.05) is 12.8 Å². The van der Waals surface area contributed by atoms with E-state index in [1.807, 2.05) is 21.1 Å². The fourth-order valence-electron chi connectivity index (χ4n) is 7.78. The Bertz CT molecular complexity index is 1720. The molecule has 0 aromatic heterocycles. The molecule has 0 bridgehead atoms. The van der Waals surface area contributed by atoms with Crippen LogP contribution in [0.4, 0.5) is 0 Å². The monoisotopic (exact) mass is 1070 g/mol. The largest absolute Gasteiger partial charge is 0.545 e. The van der Waals surface area contributed by atoms with Gasteiger partial charge in [0.25, 0.3) is 0 Å². The summed E-state index contributed by atoms with van der Waals surface area (Å²) in [6.45, 7) is 4.58. The molecule has 0 fully saturated rings. The number of quaternary nitrogens is 1. The van der Waals surface area contributed by atoms with E-state index in [-0.39, 0.29) is 38.6 Å². The van der Waals surface area contributed by atoms with Crippen LogP contribution in [0, 0.1) is 0 Å². The van der Waals surface area contributed by atoms with Gasteiger partial charge in [-0.05, 0) is 96.3 Å². The van der Waals surface area contributed by atoms with Crippen LogP contribution in [0.15, 0.2) is 134 Å². The van der Waals surface area contributed by atoms with Gasteiger partial charge in [-0.15, -0.1) is 0 Å². The predicted octanol–water partition coefficient (Wildman–Crippen LogP) is 16.9. The highest BCUT2D eigenvalue weighted by molar-refractivity contribution is 5.70. The third kappa shape index (κ3) is 58.9. The molecule has 0 amide bonds. The second-order valence-electron chi connectivity index (χ2n) is 20.9. The number of hydrogen-bond donors (Lipinski definition) is 0. The van der Waals surface area contributed by atoms with Crippen molar-refractivity contribution >= 4 is 17.9 Å². The fraction of sp³-hybridized carbons (Fsp3) is 0.632. The van der Waals surface area contributed by atoms with Crippen molar-refractivity contribution in [1.82, 2.24) is 0 Å². The summed E-state index contributed by atoms with van der Waals surface area (Å²) in [5, 5.41) is 11.8. The van der Waals surface area contributed by atoms with Crippen LogP contribution in [0.1, 0.15) is 219 Å². The van der Waals surface area contributed by atoms with E-state index in [0.29, 0.717) is 17.4 Å². The van der Waals surface area contributed by atoms with Crippen molar-refractivity contribution in [3.05, 3.63) is 134 Å². The topological polar surface area (TPSA) is 111 Å². The van der Waals surface area contributed by atoms with Gasteiger partial charge in [-0.1, -0.05) is 244 Å². The van der Waals surface area contributed by atoms with Crippen LogP contribution in [0.2, 0.25) is 0 Å². The van der Waals surface area contributed by atoms with Crippen molar-refractivity contribution < 1.29 is 42.9 Å². The van der Waals surface area contributed by atoms with Crippen LogP contribution < -0.4 is 5.11 Å². The van der Waals surface area contributed by atoms with Crippen molar-refractivity contribution in [2.45, 2.75) is 232 Å². The summed E-state index contributed by atoms with van der Waals surface area (Å²) in [7, 11) is 5.90. The number of likely N-dealkylation sites (N-methyl/N-ethyl adjacent to an activating group) is 1. The van der Waals surface area contributed by atoms with E-state index in [1.165, 1.54) is 77.0 Å². The van der Waals surface area contributed by atoms with E-state index in [4.69, 9.17) is 18.9 Å². The van der Waals surface area contributed by atoms with Crippen molar-refractivity contribution in [2.24, 2.45) is 0 Å². The number of carboxylic acids is 1. The first-order valence-electron chi connectivity index (χ1n) is 30.3. The predicted molar refractivity (Wildman–Crippen MR) is 324 cm³/mol. The zero-order chi connectivity index (χ0) is 56.2. The highest BCUT2D eigenvalue weighted by atomic mass is 16.7. The van der Waals surface area contributed by atoms with Gasteiger partial charge in [0.15, 0.2) is 12.4 Å². The zero-order valence-electron chi connectivity index (χ0n) is 49.5. The number of nitrogens with zero attached hydrogens (tertiary/aromatic N) is 1. The van der Waals surface area contributed by atoms with E-state index < -0.39 is 24.3 Å². The normalized spacial score (nSPS) is 13.7. The molecule has 0 radical (unpaired) electrons. The molecule has 0 aromatic rings. The Kier molecular flexibility index (Phi) is 54.2. The van der Waals surface area contributed by atoms with Crippen LogP contribution >= 0.6 is 0 Å². The van der Waals surface area contributed by atoms with E-state index in [2.05, 4.69) is 148 Å². The number of aliphatic carboxylic acids is 1. The van der Waals surface area contributed by atoms with Crippen LogP contribution in [0.25, 0.3) is 0 Å². The first-order valence-corrected chi connectivity index (χ1v) is 30.3. The molecule has 0 aliphatic heterocycles. The van der Waals surface area contributed by atoms with E-state index in [0.717, 1.165) is 109 Å². The Morgan fingerprint density at radius 3 is 1.10 bits per heavy atom. The maximum Gasteiger partial charge on any atom is 0.306 e. The first-order chi connectivity index (χ1) is 37.6. The average Bonchev–Trinajstić information content (AvgIpc) is 3.40. The minimum absolute atomic E-state index is 0.135. The molecule has 0 saturated carbocycles. The van der Waals surface area contributed by atoms with Gasteiger partial charge in [-0.2, -0.15) is 0 Å². The Morgan fingerprint density at radius 1 is 0.403 bits per heavy atom. The molecular weight excluding hydrogens is 959 g/mol. The highest BCUT2D eigenvalue weighted by Gasteiger charge is 2.22. The zero-order valence-corrected chi connectivity index (χ0v) is 49.5. The van der Waals surface area contributed by atoms with Crippen molar-refractivity contribution in [1.29, 1.82) is 0 Å². The molecule has 9 nitrogen and oxygen atoms in total. The van der Waals surface area contributed by atoms with Crippen molar-refractivity contribution in [3.63, 3.8) is 0 Å². The lowest BCUT2D eigenvalue weighted by Crippen LogP contribution is -2.44. The summed E-state index contributed by atoms with van der Waals surface area (Å²) in [4.78, 5) is 37.3. The third-order valence-corrected chi connectivity index (χ3v) is 12.4. The third-order valence-electron chi connectivity index (χ3n) is 12.4. The summed E-state index contributed by atoms with van der Waals surface area (Å²) in [6.07, 6.45) is 79.4. The molecule has 9 heteroatoms. The van der Waals surface area contributed by atoms with Gasteiger partial charge in [-0.25, -0.2) is 0 Å². The number of ether oxygens (including phenoxy) is 4. The van der Waals surface area contributed by atoms with E-state index in [9.17, 15) is 19.5 Å². The van der Waals surface area contributed by atoms with Gasteiger partial charge >= 0.3 is 11.9 Å². The molecule has 0 aromatic carbocycles. The second-order valence-corrected chi connectivity index (χ2v) is 20.9. The first kappa shape index (κ1) is 72.4. The summed E-state index contributed by atoms with van der Waals surface area (Å²) in [6, 6.07) is 0. The lowest BCUT2D eigenvalue weighted by molar-refractivity contribution is -0.870. The number of carboxylic acid groups (broad SMARTS) is 1. The van der Waals surface area contributed by atoms with Gasteiger partial charge in [0.05, 0.1) is 40.3 Å². The van der Waals surface area contributed by atoms with Gasteiger partial charge < -0.3 is 33.3 Å². The summed E-state index contributed by atoms with van der Waals surface area (Å²) >= 11 is 0. The molecule has 0 saturated heterocycles. The molecule has 0 rings (SSSR count). The molecule has 0 spiro atoms. The molecule has 0 aliphatic carbocycles. The summed E-state index contributed by atoms with van der Waals surface area (Å²) < 4.78 is 22.6. The molecular formula is C68H111NO8. The number of unbranched alkanes of at least 4 members (excludes halogenated alkanes) is 17. The number of carbonyl (C=O) groups is 3. The van der Waals surface area contributed by atoms with Gasteiger partial charge in [0.2, 0.25) is 0 Å². The SMILES string of the molecule is CC/C=C\C/C=C\C/C=C\C/C=C\C/C=C\C/C=C\C/C=C\C/C=C\C/C=C\C/C=C\C/C=C\CCCCCC(=O)OC(COC(=O)CCCCCCCCCCCCCCCCC)COC(OCC[N+](C)(C)C)C(=O)[O-]. The Hall–Kier alpha value is -4.57. The van der Waals surface area contributed by atoms with Gasteiger partial charge in [-0.3, -0.25) is 9.59 Å². The smallest absolute Gasteiger partial charge is 0.306 e. The number of esters is 2. The van der Waals surface area contributed by atoms with Crippen molar-refractivity contribution in [3.8, 4) is 0 Å². The van der Waals surface area contributed by atoms with Crippen LogP contribution in [0.3, 0.4) is 0 Å². The molecule has 2 atom stereocenters.